The molecule has 3 nitrogen and oxygen atoms in total. The van der Waals surface area contributed by atoms with E-state index < -0.39 is 0 Å². The van der Waals surface area contributed by atoms with Gasteiger partial charge in [-0.25, -0.2) is 4.98 Å². The first-order valence-corrected chi connectivity index (χ1v) is 8.80. The van der Waals surface area contributed by atoms with Crippen LogP contribution in [0.1, 0.15) is 23.4 Å². The number of thiophene rings is 1. The molecule has 0 saturated carbocycles. The number of nitrogens with one attached hydrogen (secondary N) is 1. The minimum absolute atomic E-state index is 0.00630. The number of benzene rings is 1. The van der Waals surface area contributed by atoms with E-state index in [-0.39, 0.29) is 11.9 Å². The first kappa shape index (κ1) is 14.9. The van der Waals surface area contributed by atoms with Crippen LogP contribution in [0.2, 0.25) is 0 Å². The normalized spacial score (nSPS) is 12.0. The molecule has 1 amide bonds. The van der Waals surface area contributed by atoms with Crippen LogP contribution in [0.15, 0.2) is 53.4 Å². The van der Waals surface area contributed by atoms with Crippen molar-refractivity contribution in [2.75, 3.05) is 0 Å². The van der Waals surface area contributed by atoms with Gasteiger partial charge in [0.25, 0.3) is 0 Å². The summed E-state index contributed by atoms with van der Waals surface area (Å²) in [5.41, 5.74) is 3.85. The number of amides is 1. The number of carbonyl (C=O) groups is 1. The van der Waals surface area contributed by atoms with Crippen LogP contribution < -0.4 is 5.32 Å². The number of aromatic nitrogens is 1. The highest BCUT2D eigenvalue weighted by molar-refractivity contribution is 7.14. The third-order valence-electron chi connectivity index (χ3n) is 3.39. The van der Waals surface area contributed by atoms with E-state index in [1.165, 1.54) is 11.3 Å². The highest BCUT2D eigenvalue weighted by Gasteiger charge is 2.15. The van der Waals surface area contributed by atoms with E-state index in [0.717, 1.165) is 21.0 Å². The summed E-state index contributed by atoms with van der Waals surface area (Å²) in [6.45, 7) is 2.00. The summed E-state index contributed by atoms with van der Waals surface area (Å²) in [5, 5.41) is 5.07. The van der Waals surface area contributed by atoms with E-state index in [2.05, 4.69) is 10.3 Å². The predicted molar refractivity (Wildman–Crippen MR) is 92.1 cm³/mol. The van der Waals surface area contributed by atoms with Crippen LogP contribution in [0.5, 0.6) is 0 Å². The summed E-state index contributed by atoms with van der Waals surface area (Å²) in [6, 6.07) is 14.0. The van der Waals surface area contributed by atoms with Crippen molar-refractivity contribution < 1.29 is 4.79 Å². The van der Waals surface area contributed by atoms with Crippen LogP contribution in [0, 0.1) is 0 Å². The summed E-state index contributed by atoms with van der Waals surface area (Å²) < 4.78 is 0. The molecule has 3 aromatic rings. The van der Waals surface area contributed by atoms with Gasteiger partial charge in [-0.3, -0.25) is 4.79 Å². The Morgan fingerprint density at radius 2 is 2.00 bits per heavy atom. The second-order valence-corrected chi connectivity index (χ2v) is 6.87. The third kappa shape index (κ3) is 3.43. The Hall–Kier alpha value is -1.98. The SMILES string of the molecule is C[C@H](NC(=O)Cc1scnc1-c1cccs1)c1ccccc1. The fourth-order valence-electron chi connectivity index (χ4n) is 2.27. The minimum atomic E-state index is 0.00630. The lowest BCUT2D eigenvalue weighted by atomic mass is 10.1. The topological polar surface area (TPSA) is 42.0 Å². The second-order valence-electron chi connectivity index (χ2n) is 4.98. The van der Waals surface area contributed by atoms with Gasteiger partial charge in [-0.15, -0.1) is 22.7 Å². The predicted octanol–water partition coefficient (Wildman–Crippen LogP) is 4.29. The summed E-state index contributed by atoms with van der Waals surface area (Å²) >= 11 is 3.18. The van der Waals surface area contributed by atoms with E-state index in [9.17, 15) is 4.79 Å². The highest BCUT2D eigenvalue weighted by atomic mass is 32.1. The molecule has 1 aromatic carbocycles. The van der Waals surface area contributed by atoms with Crippen LogP contribution >= 0.6 is 22.7 Å². The van der Waals surface area contributed by atoms with Crippen molar-refractivity contribution in [3.63, 3.8) is 0 Å². The van der Waals surface area contributed by atoms with Gasteiger partial charge in [0.15, 0.2) is 0 Å². The van der Waals surface area contributed by atoms with Gasteiger partial charge in [0.1, 0.15) is 0 Å². The van der Waals surface area contributed by atoms with Gasteiger partial charge in [0.05, 0.1) is 28.5 Å². The van der Waals surface area contributed by atoms with Gasteiger partial charge >= 0.3 is 0 Å². The molecule has 0 aliphatic heterocycles. The lowest BCUT2D eigenvalue weighted by Gasteiger charge is -2.14. The molecular weight excluding hydrogens is 312 g/mol. The summed E-state index contributed by atoms with van der Waals surface area (Å²) in [4.78, 5) is 18.8. The number of rotatable bonds is 5. The molecule has 0 fully saturated rings. The molecule has 112 valence electrons. The number of thiazole rings is 1. The summed E-state index contributed by atoms with van der Waals surface area (Å²) in [5.74, 6) is 0.0263. The van der Waals surface area contributed by atoms with Gasteiger partial charge in [0, 0.05) is 4.88 Å². The smallest absolute Gasteiger partial charge is 0.225 e. The Morgan fingerprint density at radius 1 is 1.18 bits per heavy atom. The fourth-order valence-corrected chi connectivity index (χ4v) is 3.86. The van der Waals surface area contributed by atoms with Gasteiger partial charge in [-0.1, -0.05) is 36.4 Å². The first-order valence-electron chi connectivity index (χ1n) is 7.04. The van der Waals surface area contributed by atoms with E-state index in [4.69, 9.17) is 0 Å². The average Bonchev–Trinajstić information content (AvgIpc) is 3.18. The Labute approximate surface area is 137 Å². The molecule has 0 aliphatic rings. The van der Waals surface area contributed by atoms with Crippen LogP contribution in [0.3, 0.4) is 0 Å². The Kier molecular flexibility index (Phi) is 4.65. The zero-order chi connectivity index (χ0) is 15.4. The first-order chi connectivity index (χ1) is 10.7. The molecule has 0 bridgehead atoms. The summed E-state index contributed by atoms with van der Waals surface area (Å²) in [7, 11) is 0. The maximum atomic E-state index is 12.3. The molecule has 0 radical (unpaired) electrons. The van der Waals surface area contributed by atoms with Gasteiger partial charge in [-0.05, 0) is 23.9 Å². The zero-order valence-corrected chi connectivity index (χ0v) is 13.8. The molecule has 3 rings (SSSR count). The molecule has 1 N–H and O–H groups in total. The molecule has 2 heterocycles. The molecular formula is C17H16N2OS2. The molecule has 0 saturated heterocycles. The number of hydrogen-bond donors (Lipinski definition) is 1. The minimum Gasteiger partial charge on any atom is -0.349 e. The van der Waals surface area contributed by atoms with Gasteiger partial charge < -0.3 is 5.32 Å². The Balaban J connectivity index is 1.67. The summed E-state index contributed by atoms with van der Waals surface area (Å²) in [6.07, 6.45) is 0.370. The molecule has 22 heavy (non-hydrogen) atoms. The van der Waals surface area contributed by atoms with Crippen molar-refractivity contribution in [2.45, 2.75) is 19.4 Å². The zero-order valence-electron chi connectivity index (χ0n) is 12.2. The molecule has 1 atom stereocenters. The van der Waals surface area contributed by atoms with Gasteiger partial charge in [0.2, 0.25) is 5.91 Å². The Morgan fingerprint density at radius 3 is 2.73 bits per heavy atom. The third-order valence-corrected chi connectivity index (χ3v) is 5.10. The Bertz CT molecular complexity index is 735. The maximum Gasteiger partial charge on any atom is 0.225 e. The lowest BCUT2D eigenvalue weighted by molar-refractivity contribution is -0.121. The number of hydrogen-bond acceptors (Lipinski definition) is 4. The van der Waals surface area contributed by atoms with E-state index in [1.807, 2.05) is 54.8 Å². The molecule has 2 aromatic heterocycles. The number of carbonyl (C=O) groups excluding carboxylic acids is 1. The average molecular weight is 328 g/mol. The van der Waals surface area contributed by atoms with Gasteiger partial charge in [-0.2, -0.15) is 0 Å². The molecule has 5 heteroatoms. The largest absolute Gasteiger partial charge is 0.349 e. The highest BCUT2D eigenvalue weighted by Crippen LogP contribution is 2.29. The van der Waals surface area contributed by atoms with Crippen molar-refractivity contribution in [1.82, 2.24) is 10.3 Å². The van der Waals surface area contributed by atoms with Crippen molar-refractivity contribution in [3.8, 4) is 10.6 Å². The monoisotopic (exact) mass is 328 g/mol. The van der Waals surface area contributed by atoms with Crippen molar-refractivity contribution >= 4 is 28.6 Å². The van der Waals surface area contributed by atoms with Crippen LogP contribution in [0.25, 0.3) is 10.6 Å². The van der Waals surface area contributed by atoms with Crippen molar-refractivity contribution in [1.29, 1.82) is 0 Å². The van der Waals surface area contributed by atoms with Crippen molar-refractivity contribution in [2.24, 2.45) is 0 Å². The van der Waals surface area contributed by atoms with Crippen LogP contribution in [-0.2, 0) is 11.2 Å². The quantitative estimate of drug-likeness (QED) is 0.759. The van der Waals surface area contributed by atoms with E-state index in [1.54, 1.807) is 16.8 Å². The van der Waals surface area contributed by atoms with Crippen LogP contribution in [-0.4, -0.2) is 10.9 Å². The molecule has 0 unspecified atom stereocenters. The molecule has 0 aliphatic carbocycles. The van der Waals surface area contributed by atoms with Crippen molar-refractivity contribution in [3.05, 3.63) is 63.8 Å². The maximum absolute atomic E-state index is 12.3. The standard InChI is InChI=1S/C17H16N2OS2/c1-12(13-6-3-2-4-7-13)19-16(20)10-15-17(18-11-22-15)14-8-5-9-21-14/h2-9,11-12H,10H2,1H3,(H,19,20)/t12-/m0/s1. The number of nitrogens with zero attached hydrogens (tertiary/aromatic N) is 1. The van der Waals surface area contributed by atoms with Crippen LogP contribution in [0.4, 0.5) is 0 Å². The second kappa shape index (κ2) is 6.85. The van der Waals surface area contributed by atoms with E-state index in [0.29, 0.717) is 6.42 Å². The fraction of sp³-hybridized carbons (Fsp3) is 0.176. The van der Waals surface area contributed by atoms with E-state index >= 15 is 0 Å². The lowest BCUT2D eigenvalue weighted by Crippen LogP contribution is -2.27. The molecule has 0 spiro atoms.